The largest absolute Gasteiger partial charge is 0.472 e. The topological polar surface area (TPSA) is 155 Å². The van der Waals surface area contributed by atoms with Crippen LogP contribution in [-0.4, -0.2) is 66.5 Å². The van der Waals surface area contributed by atoms with Gasteiger partial charge >= 0.3 is 25.7 Å². The lowest BCUT2D eigenvalue weighted by Crippen LogP contribution is -2.30. The van der Waals surface area contributed by atoms with Gasteiger partial charge in [-0.3, -0.25) is 23.4 Å². The Hall–Kier alpha value is -2.56. The van der Waals surface area contributed by atoms with Gasteiger partial charge in [-0.1, -0.05) is 204 Å². The number of aliphatic hydroxyl groups is 1. The smallest absolute Gasteiger partial charge is 0.462 e. The van der Waals surface area contributed by atoms with E-state index in [1.165, 1.54) is 116 Å². The van der Waals surface area contributed by atoms with Crippen LogP contribution in [0.1, 0.15) is 252 Å². The van der Waals surface area contributed by atoms with Crippen LogP contribution in [0.25, 0.3) is 0 Å². The minimum atomic E-state index is -4.74. The Bertz CT molecular complexity index is 1330. The van der Waals surface area contributed by atoms with Crippen LogP contribution in [-0.2, 0) is 42.2 Å². The molecule has 0 radical (unpaired) electrons. The number of hydrogen-bond donors (Lipinski definition) is 2. The highest BCUT2D eigenvalue weighted by Gasteiger charge is 2.28. The molecule has 11 nitrogen and oxygen atoms in total. The van der Waals surface area contributed by atoms with E-state index in [0.717, 1.165) is 77.0 Å². The predicted molar refractivity (Wildman–Crippen MR) is 279 cm³/mol. The molecular formula is C56H101O11P. The van der Waals surface area contributed by atoms with Crippen molar-refractivity contribution in [2.45, 2.75) is 264 Å². The molecule has 68 heavy (non-hydrogen) atoms. The highest BCUT2D eigenvalue weighted by Crippen LogP contribution is 2.43. The summed E-state index contributed by atoms with van der Waals surface area (Å²) >= 11 is 0. The molecule has 2 N–H and O–H groups in total. The summed E-state index contributed by atoms with van der Waals surface area (Å²) in [5.41, 5.74) is 0. The zero-order valence-corrected chi connectivity index (χ0v) is 44.5. The fraction of sp³-hybridized carbons (Fsp3) is 0.804. The molecule has 0 fully saturated rings. The second kappa shape index (κ2) is 50.8. The lowest BCUT2D eigenvalue weighted by Gasteiger charge is -2.21. The van der Waals surface area contributed by atoms with Crippen molar-refractivity contribution in [2.24, 2.45) is 0 Å². The number of phosphoric acid groups is 1. The normalized spacial score (nSPS) is 13.8. The van der Waals surface area contributed by atoms with E-state index >= 15 is 0 Å². The lowest BCUT2D eigenvalue weighted by atomic mass is 10.1. The molecule has 0 saturated heterocycles. The van der Waals surface area contributed by atoms with Crippen molar-refractivity contribution in [3.05, 3.63) is 48.6 Å². The first-order chi connectivity index (χ1) is 33.2. The number of rotatable bonds is 51. The van der Waals surface area contributed by atoms with Gasteiger partial charge in [0, 0.05) is 19.3 Å². The van der Waals surface area contributed by atoms with Crippen molar-refractivity contribution in [2.75, 3.05) is 26.4 Å². The number of carbonyl (C=O) groups excluding carboxylic acids is 3. The van der Waals surface area contributed by atoms with Gasteiger partial charge in [-0.15, -0.1) is 0 Å². The van der Waals surface area contributed by atoms with Crippen LogP contribution in [0.5, 0.6) is 0 Å². The third kappa shape index (κ3) is 48.5. The van der Waals surface area contributed by atoms with Crippen LogP contribution >= 0.6 is 7.82 Å². The zero-order valence-electron chi connectivity index (χ0n) is 43.6. The number of aliphatic hydroxyl groups excluding tert-OH is 1. The standard InChI is InChI=1S/C56H101O11P/c1-4-7-10-13-16-19-21-23-24-25-26-27-28-30-32-35-38-41-44-47-56(60)67-53(49-63-54(58)45-42-39-36-34-31-29-22-20-17-14-11-8-5-2)51-65-68(61,62)64-50-52(48-57)66-55(59)46-43-40-37-33-18-15-12-9-6-3/h8,11,17,20,23-24,29,31,52-53,57H,4-7,9-10,12-16,18-19,21-22,25-28,30,32-51H2,1-3H3,(H,61,62)/b11-8-,20-17-,24-23-,31-29-. The third-order valence-electron chi connectivity index (χ3n) is 11.7. The maximum Gasteiger partial charge on any atom is 0.472 e. The van der Waals surface area contributed by atoms with Crippen molar-refractivity contribution in [3.8, 4) is 0 Å². The number of phosphoric ester groups is 1. The molecule has 0 rings (SSSR count). The quantitative estimate of drug-likeness (QED) is 0.0197. The maximum absolute atomic E-state index is 12.9. The third-order valence-corrected chi connectivity index (χ3v) is 12.7. The van der Waals surface area contributed by atoms with Crippen LogP contribution in [0.15, 0.2) is 48.6 Å². The van der Waals surface area contributed by atoms with Gasteiger partial charge < -0.3 is 24.2 Å². The van der Waals surface area contributed by atoms with Crippen LogP contribution < -0.4 is 0 Å². The molecule has 0 aromatic heterocycles. The summed E-state index contributed by atoms with van der Waals surface area (Å²) < 4.78 is 39.3. The zero-order chi connectivity index (χ0) is 49.9. The summed E-state index contributed by atoms with van der Waals surface area (Å²) in [5, 5.41) is 9.75. The van der Waals surface area contributed by atoms with Gasteiger partial charge in [0.15, 0.2) is 6.10 Å². The summed E-state index contributed by atoms with van der Waals surface area (Å²) in [6.45, 7) is 4.48. The number of carbonyl (C=O) groups is 3. The fourth-order valence-corrected chi connectivity index (χ4v) is 8.33. The predicted octanol–water partition coefficient (Wildman–Crippen LogP) is 15.8. The molecule has 0 heterocycles. The first kappa shape index (κ1) is 65.4. The van der Waals surface area contributed by atoms with Crippen molar-refractivity contribution < 1.29 is 52.2 Å². The number of ether oxygens (including phenoxy) is 3. The molecule has 0 aliphatic rings. The fourth-order valence-electron chi connectivity index (χ4n) is 7.54. The van der Waals surface area contributed by atoms with E-state index in [9.17, 15) is 28.9 Å². The summed E-state index contributed by atoms with van der Waals surface area (Å²) in [6, 6.07) is 0. The molecule has 396 valence electrons. The van der Waals surface area contributed by atoms with Gasteiger partial charge in [0.05, 0.1) is 19.8 Å². The van der Waals surface area contributed by atoms with Crippen LogP contribution in [0, 0.1) is 0 Å². The molecule has 0 aromatic rings. The molecule has 0 amide bonds. The van der Waals surface area contributed by atoms with Gasteiger partial charge in [-0.25, -0.2) is 4.57 Å². The van der Waals surface area contributed by atoms with E-state index in [-0.39, 0.29) is 25.9 Å². The van der Waals surface area contributed by atoms with Gasteiger partial charge in [0.2, 0.25) is 0 Å². The maximum atomic E-state index is 12.9. The minimum absolute atomic E-state index is 0.160. The average molecular weight is 981 g/mol. The molecular weight excluding hydrogens is 880 g/mol. The Balaban J connectivity index is 4.72. The molecule has 0 saturated carbocycles. The van der Waals surface area contributed by atoms with Crippen molar-refractivity contribution in [1.82, 2.24) is 0 Å². The molecule has 0 aromatic carbocycles. The lowest BCUT2D eigenvalue weighted by molar-refractivity contribution is -0.161. The monoisotopic (exact) mass is 981 g/mol. The summed E-state index contributed by atoms with van der Waals surface area (Å²) in [7, 11) is -4.74. The van der Waals surface area contributed by atoms with Crippen molar-refractivity contribution >= 4 is 25.7 Å². The summed E-state index contributed by atoms with van der Waals surface area (Å²) in [6.07, 6.45) is 52.3. The Morgan fingerprint density at radius 1 is 0.426 bits per heavy atom. The molecule has 12 heteroatoms. The average Bonchev–Trinajstić information content (AvgIpc) is 3.32. The van der Waals surface area contributed by atoms with Gasteiger partial charge in [-0.05, 0) is 77.0 Å². The summed E-state index contributed by atoms with van der Waals surface area (Å²) in [4.78, 5) is 48.3. The van der Waals surface area contributed by atoms with Gasteiger partial charge in [0.25, 0.3) is 0 Å². The Morgan fingerprint density at radius 2 is 0.765 bits per heavy atom. The molecule has 0 aliphatic carbocycles. The highest BCUT2D eigenvalue weighted by molar-refractivity contribution is 7.47. The Morgan fingerprint density at radius 3 is 1.21 bits per heavy atom. The number of allylic oxidation sites excluding steroid dienone is 8. The van der Waals surface area contributed by atoms with Gasteiger partial charge in [-0.2, -0.15) is 0 Å². The summed E-state index contributed by atoms with van der Waals surface area (Å²) in [5.74, 6) is -1.49. The van der Waals surface area contributed by atoms with E-state index in [1.807, 2.05) is 0 Å². The van der Waals surface area contributed by atoms with E-state index in [0.29, 0.717) is 19.3 Å². The molecule has 3 atom stereocenters. The van der Waals surface area contributed by atoms with E-state index in [2.05, 4.69) is 69.4 Å². The second-order valence-electron chi connectivity index (χ2n) is 18.4. The molecule has 0 spiro atoms. The molecule has 0 bridgehead atoms. The Labute approximate surface area is 415 Å². The number of hydrogen-bond acceptors (Lipinski definition) is 10. The highest BCUT2D eigenvalue weighted by atomic mass is 31.2. The number of esters is 3. The van der Waals surface area contributed by atoms with E-state index in [1.54, 1.807) is 0 Å². The van der Waals surface area contributed by atoms with Crippen molar-refractivity contribution in [3.63, 3.8) is 0 Å². The van der Waals surface area contributed by atoms with Crippen molar-refractivity contribution in [1.29, 1.82) is 0 Å². The first-order valence-corrected chi connectivity index (χ1v) is 29.0. The molecule has 0 aliphatic heterocycles. The second-order valence-corrected chi connectivity index (χ2v) is 19.8. The van der Waals surface area contributed by atoms with E-state index < -0.39 is 57.8 Å². The first-order valence-electron chi connectivity index (χ1n) is 27.5. The van der Waals surface area contributed by atoms with Crippen LogP contribution in [0.3, 0.4) is 0 Å². The van der Waals surface area contributed by atoms with E-state index in [4.69, 9.17) is 23.3 Å². The SMILES string of the molecule is CC/C=C\C/C=C\C/C=C\CCCCCC(=O)OCC(COP(=O)(O)OCC(CO)OC(=O)CCCCCCCCCCC)OC(=O)CCCCCCCCCCC/C=C\CCCCCCCC. The van der Waals surface area contributed by atoms with Gasteiger partial charge in [0.1, 0.15) is 12.7 Å². The minimum Gasteiger partial charge on any atom is -0.462 e. The number of unbranched alkanes of at least 4 members (excludes halogenated alkanes) is 26. The molecule has 3 unspecified atom stereocenters. The van der Waals surface area contributed by atoms with Crippen LogP contribution in [0.4, 0.5) is 0 Å². The van der Waals surface area contributed by atoms with Crippen LogP contribution in [0.2, 0.25) is 0 Å². The Kier molecular flexibility index (Phi) is 48.9.